The first-order chi connectivity index (χ1) is 13.7. The van der Waals surface area contributed by atoms with Crippen LogP contribution in [0.25, 0.3) is 11.0 Å². The average Bonchev–Trinajstić information content (AvgIpc) is 2.84. The van der Waals surface area contributed by atoms with Crippen molar-refractivity contribution in [2.45, 2.75) is 44.1 Å². The highest BCUT2D eigenvalue weighted by molar-refractivity contribution is 5.77. The van der Waals surface area contributed by atoms with E-state index in [4.69, 9.17) is 9.72 Å². The lowest BCUT2D eigenvalue weighted by atomic mass is 9.84. The van der Waals surface area contributed by atoms with Gasteiger partial charge in [-0.2, -0.15) is 0 Å². The number of carbonyl (C=O) groups excluding carboxylic acids is 1. The highest BCUT2D eigenvalue weighted by Crippen LogP contribution is 2.34. The third-order valence-corrected chi connectivity index (χ3v) is 6.69. The Labute approximate surface area is 165 Å². The number of rotatable bonds is 3. The monoisotopic (exact) mass is 380 g/mol. The van der Waals surface area contributed by atoms with Gasteiger partial charge in [-0.15, -0.1) is 0 Å². The quantitative estimate of drug-likeness (QED) is 0.819. The molecule has 2 aromatic rings. The molecule has 5 rings (SSSR count). The van der Waals surface area contributed by atoms with Gasteiger partial charge in [-0.25, -0.2) is 4.98 Å². The van der Waals surface area contributed by atoms with Crippen molar-refractivity contribution in [3.63, 3.8) is 0 Å². The Bertz CT molecular complexity index is 858. The van der Waals surface area contributed by atoms with Crippen LogP contribution in [0.4, 0.5) is 5.82 Å². The van der Waals surface area contributed by atoms with Crippen molar-refractivity contribution in [3.8, 4) is 0 Å². The largest absolute Gasteiger partial charge is 0.372 e. The summed E-state index contributed by atoms with van der Waals surface area (Å²) in [6, 6.07) is 7.99. The molecule has 0 N–H and O–H groups in total. The van der Waals surface area contributed by atoms with Gasteiger partial charge >= 0.3 is 0 Å². The Hall–Kier alpha value is -2.21. The van der Waals surface area contributed by atoms with Crippen LogP contribution in [-0.2, 0) is 9.53 Å². The average molecular weight is 380 g/mol. The van der Waals surface area contributed by atoms with Crippen molar-refractivity contribution >= 4 is 22.8 Å². The minimum absolute atomic E-state index is 0.198. The summed E-state index contributed by atoms with van der Waals surface area (Å²) in [5, 5.41) is 0. The summed E-state index contributed by atoms with van der Waals surface area (Å²) in [6.07, 6.45) is 8.11. The molecular formula is C22H28N4O2. The number of para-hydroxylation sites is 2. The number of benzene rings is 1. The van der Waals surface area contributed by atoms with Crippen LogP contribution in [0.3, 0.4) is 0 Å². The molecule has 0 radical (unpaired) electrons. The van der Waals surface area contributed by atoms with E-state index in [0.717, 1.165) is 55.9 Å². The molecule has 0 bridgehead atoms. The first kappa shape index (κ1) is 17.9. The smallest absolute Gasteiger partial charge is 0.224 e. The van der Waals surface area contributed by atoms with E-state index in [1.165, 1.54) is 19.3 Å². The molecule has 6 heteroatoms. The maximum atomic E-state index is 12.5. The molecule has 148 valence electrons. The number of aromatic nitrogens is 2. The molecule has 0 unspecified atom stereocenters. The van der Waals surface area contributed by atoms with Crippen molar-refractivity contribution in [2.75, 3.05) is 37.7 Å². The van der Waals surface area contributed by atoms with E-state index >= 15 is 0 Å². The van der Waals surface area contributed by atoms with Crippen LogP contribution < -0.4 is 4.90 Å². The molecule has 3 heterocycles. The molecule has 0 atom stereocenters. The van der Waals surface area contributed by atoms with Gasteiger partial charge in [0, 0.05) is 26.2 Å². The first-order valence-electron chi connectivity index (χ1n) is 10.6. The van der Waals surface area contributed by atoms with Gasteiger partial charge in [0.25, 0.3) is 0 Å². The molecular weight excluding hydrogens is 352 g/mol. The lowest BCUT2D eigenvalue weighted by molar-refractivity contribution is -0.132. The van der Waals surface area contributed by atoms with E-state index in [1.807, 2.05) is 30.5 Å². The Morgan fingerprint density at radius 2 is 1.93 bits per heavy atom. The van der Waals surface area contributed by atoms with Crippen molar-refractivity contribution in [1.82, 2.24) is 14.9 Å². The number of carbonyl (C=O) groups is 1. The van der Waals surface area contributed by atoms with E-state index in [-0.39, 0.29) is 11.5 Å². The summed E-state index contributed by atoms with van der Waals surface area (Å²) < 4.78 is 6.29. The standard InChI is InChI=1S/C22H28N4O2/c27-21-8-13-28-22(16-26(21)15-17-4-3-5-17)9-11-25(12-10-22)20-14-23-18-6-1-2-7-19(18)24-20/h1-2,6-7,14,17H,3-5,8-13,15-16H2. The summed E-state index contributed by atoms with van der Waals surface area (Å²) in [5.74, 6) is 1.91. The van der Waals surface area contributed by atoms with Gasteiger partial charge in [-0.3, -0.25) is 9.78 Å². The summed E-state index contributed by atoms with van der Waals surface area (Å²) in [6.45, 7) is 4.00. The van der Waals surface area contributed by atoms with Gasteiger partial charge < -0.3 is 14.5 Å². The van der Waals surface area contributed by atoms with E-state index in [1.54, 1.807) is 0 Å². The number of nitrogens with zero attached hydrogens (tertiary/aromatic N) is 4. The second kappa shape index (κ2) is 7.32. The maximum absolute atomic E-state index is 12.5. The fraction of sp³-hybridized carbons (Fsp3) is 0.591. The fourth-order valence-corrected chi connectivity index (χ4v) is 4.69. The highest BCUT2D eigenvalue weighted by Gasteiger charge is 2.41. The Morgan fingerprint density at radius 3 is 2.68 bits per heavy atom. The van der Waals surface area contributed by atoms with Gasteiger partial charge in [0.15, 0.2) is 0 Å². The van der Waals surface area contributed by atoms with Crippen LogP contribution in [0.1, 0.15) is 38.5 Å². The minimum Gasteiger partial charge on any atom is -0.372 e. The third-order valence-electron chi connectivity index (χ3n) is 6.69. The molecule has 3 fully saturated rings. The van der Waals surface area contributed by atoms with Gasteiger partial charge in [0.05, 0.1) is 35.9 Å². The first-order valence-corrected chi connectivity index (χ1v) is 10.6. The highest BCUT2D eigenvalue weighted by atomic mass is 16.5. The summed E-state index contributed by atoms with van der Waals surface area (Å²) >= 11 is 0. The molecule has 1 saturated carbocycles. The summed E-state index contributed by atoms with van der Waals surface area (Å²) in [4.78, 5) is 26.3. The number of piperidine rings is 1. The Balaban J connectivity index is 1.28. The predicted molar refractivity (Wildman–Crippen MR) is 108 cm³/mol. The topological polar surface area (TPSA) is 58.6 Å². The van der Waals surface area contributed by atoms with E-state index < -0.39 is 0 Å². The van der Waals surface area contributed by atoms with Gasteiger partial charge in [-0.05, 0) is 43.7 Å². The Kier molecular flexibility index (Phi) is 4.67. The molecule has 2 aliphatic heterocycles. The van der Waals surface area contributed by atoms with Gasteiger partial charge in [-0.1, -0.05) is 18.6 Å². The van der Waals surface area contributed by atoms with Crippen LogP contribution in [-0.4, -0.2) is 59.2 Å². The van der Waals surface area contributed by atoms with Crippen LogP contribution in [0.15, 0.2) is 30.5 Å². The van der Waals surface area contributed by atoms with Gasteiger partial charge in [0.1, 0.15) is 5.82 Å². The number of anilines is 1. The van der Waals surface area contributed by atoms with E-state index in [0.29, 0.717) is 18.9 Å². The maximum Gasteiger partial charge on any atom is 0.224 e. The van der Waals surface area contributed by atoms with Crippen LogP contribution >= 0.6 is 0 Å². The molecule has 1 aromatic carbocycles. The Morgan fingerprint density at radius 1 is 1.14 bits per heavy atom. The van der Waals surface area contributed by atoms with Crippen molar-refractivity contribution in [1.29, 1.82) is 0 Å². The molecule has 6 nitrogen and oxygen atoms in total. The molecule has 2 saturated heterocycles. The zero-order chi connectivity index (χ0) is 19.0. The molecule has 1 aliphatic carbocycles. The van der Waals surface area contributed by atoms with Gasteiger partial charge in [0.2, 0.25) is 5.91 Å². The third kappa shape index (κ3) is 3.46. The normalized spacial score (nSPS) is 23.1. The molecule has 28 heavy (non-hydrogen) atoms. The predicted octanol–water partition coefficient (Wildman–Crippen LogP) is 3.02. The number of amides is 1. The number of hydrogen-bond acceptors (Lipinski definition) is 5. The van der Waals surface area contributed by atoms with E-state index in [2.05, 4.69) is 14.8 Å². The zero-order valence-electron chi connectivity index (χ0n) is 16.3. The minimum atomic E-state index is -0.198. The van der Waals surface area contributed by atoms with Crippen molar-refractivity contribution in [2.24, 2.45) is 5.92 Å². The molecule has 1 spiro atoms. The fourth-order valence-electron chi connectivity index (χ4n) is 4.69. The number of ether oxygens (including phenoxy) is 1. The summed E-state index contributed by atoms with van der Waals surface area (Å²) in [7, 11) is 0. The van der Waals surface area contributed by atoms with E-state index in [9.17, 15) is 4.79 Å². The van der Waals surface area contributed by atoms with Crippen molar-refractivity contribution in [3.05, 3.63) is 30.5 Å². The molecule has 1 aromatic heterocycles. The van der Waals surface area contributed by atoms with Crippen LogP contribution in [0.2, 0.25) is 0 Å². The van der Waals surface area contributed by atoms with Crippen LogP contribution in [0.5, 0.6) is 0 Å². The second-order valence-electron chi connectivity index (χ2n) is 8.56. The lowest BCUT2D eigenvalue weighted by Gasteiger charge is -2.43. The van der Waals surface area contributed by atoms with Crippen LogP contribution in [0, 0.1) is 5.92 Å². The number of fused-ring (bicyclic) bond motifs is 1. The summed E-state index contributed by atoms with van der Waals surface area (Å²) in [5.41, 5.74) is 1.66. The number of hydrogen-bond donors (Lipinski definition) is 0. The zero-order valence-corrected chi connectivity index (χ0v) is 16.3. The second-order valence-corrected chi connectivity index (χ2v) is 8.56. The van der Waals surface area contributed by atoms with Crippen molar-refractivity contribution < 1.29 is 9.53 Å². The molecule has 1 amide bonds. The molecule has 3 aliphatic rings. The SMILES string of the molecule is O=C1CCOC2(CCN(c3cnc4ccccc4n3)CC2)CN1CC1CCC1. The lowest BCUT2D eigenvalue weighted by Crippen LogP contribution is -2.53.